The van der Waals surface area contributed by atoms with Crippen molar-refractivity contribution in [1.82, 2.24) is 5.32 Å². The van der Waals surface area contributed by atoms with Gasteiger partial charge in [-0.3, -0.25) is 9.59 Å². The number of hydrogen-bond donors (Lipinski definition) is 3. The van der Waals surface area contributed by atoms with E-state index in [4.69, 9.17) is 4.74 Å². The Labute approximate surface area is 380 Å². The molecule has 6 heteroatoms. The minimum atomic E-state index is -0.853. The second kappa shape index (κ2) is 51.0. The van der Waals surface area contributed by atoms with Gasteiger partial charge in [-0.15, -0.1) is 0 Å². The molecule has 0 spiro atoms. The minimum absolute atomic E-state index is 0.0168. The molecule has 0 aliphatic carbocycles. The Morgan fingerprint density at radius 2 is 0.770 bits per heavy atom. The molecule has 0 aliphatic heterocycles. The molecule has 2 atom stereocenters. The molecule has 0 saturated heterocycles. The first-order chi connectivity index (χ1) is 30.0. The molecule has 0 bridgehead atoms. The first-order valence-corrected chi connectivity index (χ1v) is 27.1. The molecule has 0 aromatic heterocycles. The number of allylic oxidation sites excluding steroid dienone is 3. The molecule has 0 fully saturated rings. The topological polar surface area (TPSA) is 95.9 Å². The smallest absolute Gasteiger partial charge is 0.305 e. The summed E-state index contributed by atoms with van der Waals surface area (Å²) in [5.41, 5.74) is 0. The van der Waals surface area contributed by atoms with Crippen molar-refractivity contribution in [2.75, 3.05) is 13.2 Å². The summed E-state index contributed by atoms with van der Waals surface area (Å²) in [6, 6.07) is -0.638. The summed E-state index contributed by atoms with van der Waals surface area (Å²) >= 11 is 0. The van der Waals surface area contributed by atoms with E-state index in [0.717, 1.165) is 57.8 Å². The van der Waals surface area contributed by atoms with Gasteiger partial charge in [-0.25, -0.2) is 0 Å². The number of carbonyl (C=O) groups is 2. The van der Waals surface area contributed by atoms with Gasteiger partial charge in [0.15, 0.2) is 0 Å². The monoisotopic (exact) mass is 860 g/mol. The van der Waals surface area contributed by atoms with Gasteiger partial charge in [0.25, 0.3) is 0 Å². The summed E-state index contributed by atoms with van der Waals surface area (Å²) in [5.74, 6) is -0.0963. The van der Waals surface area contributed by atoms with Crippen molar-refractivity contribution >= 4 is 11.9 Å². The minimum Gasteiger partial charge on any atom is -0.466 e. The van der Waals surface area contributed by atoms with Crippen LogP contribution >= 0.6 is 0 Å². The van der Waals surface area contributed by atoms with Crippen LogP contribution < -0.4 is 5.32 Å². The zero-order valence-corrected chi connectivity index (χ0v) is 40.9. The highest BCUT2D eigenvalue weighted by atomic mass is 16.5. The standard InChI is InChI=1S/C55H105NO5/c1-3-5-7-9-11-13-15-17-18-19-20-21-22-24-27-31-35-39-43-47-53(58)52(51-57)56-54(59)48-44-40-36-32-28-25-23-26-30-34-38-42-46-50-61-55(60)49-45-41-37-33-29-16-14-12-10-8-6-4-2/h12,14,43,47,52-53,57-58H,3-11,13,15-42,44-46,48-51H2,1-2H3,(H,56,59)/b14-12-,47-43+. The summed E-state index contributed by atoms with van der Waals surface area (Å²) in [7, 11) is 0. The van der Waals surface area contributed by atoms with Crippen molar-refractivity contribution in [2.45, 2.75) is 302 Å². The second-order valence-corrected chi connectivity index (χ2v) is 18.6. The third-order valence-electron chi connectivity index (χ3n) is 12.5. The van der Waals surface area contributed by atoms with Crippen LogP contribution in [0, 0.1) is 0 Å². The van der Waals surface area contributed by atoms with Crippen molar-refractivity contribution in [3.05, 3.63) is 24.3 Å². The van der Waals surface area contributed by atoms with E-state index in [1.807, 2.05) is 6.08 Å². The number of unbranched alkanes of at least 4 members (excludes halogenated alkanes) is 37. The molecule has 6 nitrogen and oxygen atoms in total. The van der Waals surface area contributed by atoms with Gasteiger partial charge in [-0.05, 0) is 57.8 Å². The lowest BCUT2D eigenvalue weighted by atomic mass is 10.0. The van der Waals surface area contributed by atoms with Crippen LogP contribution in [0.3, 0.4) is 0 Å². The van der Waals surface area contributed by atoms with E-state index < -0.39 is 12.1 Å². The summed E-state index contributed by atoms with van der Waals surface area (Å²) in [5, 5.41) is 23.1. The van der Waals surface area contributed by atoms with Crippen LogP contribution in [-0.4, -0.2) is 47.4 Å². The van der Waals surface area contributed by atoms with Crippen LogP contribution in [0.2, 0.25) is 0 Å². The molecule has 0 saturated carbocycles. The number of ether oxygens (including phenoxy) is 1. The molecule has 0 rings (SSSR count). The average Bonchev–Trinajstić information content (AvgIpc) is 3.26. The quantitative estimate of drug-likeness (QED) is 0.0322. The number of esters is 1. The maximum absolute atomic E-state index is 12.5. The van der Waals surface area contributed by atoms with Crippen LogP contribution in [0.25, 0.3) is 0 Å². The Morgan fingerprint density at radius 3 is 1.20 bits per heavy atom. The summed E-state index contributed by atoms with van der Waals surface area (Å²) < 4.78 is 5.45. The van der Waals surface area contributed by atoms with E-state index in [9.17, 15) is 19.8 Å². The Hall–Kier alpha value is -1.66. The molecule has 1 amide bonds. The molecule has 0 heterocycles. The summed E-state index contributed by atoms with van der Waals surface area (Å²) in [6.07, 6.45) is 60.4. The fourth-order valence-electron chi connectivity index (χ4n) is 8.27. The Morgan fingerprint density at radius 1 is 0.443 bits per heavy atom. The van der Waals surface area contributed by atoms with E-state index in [1.165, 1.54) is 205 Å². The highest BCUT2D eigenvalue weighted by Gasteiger charge is 2.18. The zero-order valence-electron chi connectivity index (χ0n) is 40.9. The van der Waals surface area contributed by atoms with Gasteiger partial charge in [0.2, 0.25) is 5.91 Å². The first kappa shape index (κ1) is 59.3. The van der Waals surface area contributed by atoms with Gasteiger partial charge < -0.3 is 20.3 Å². The van der Waals surface area contributed by atoms with Gasteiger partial charge in [0.05, 0.1) is 25.4 Å². The summed E-state index contributed by atoms with van der Waals surface area (Å²) in [6.45, 7) is 4.86. The number of aliphatic hydroxyl groups is 2. The van der Waals surface area contributed by atoms with Gasteiger partial charge in [-0.2, -0.15) is 0 Å². The van der Waals surface area contributed by atoms with Gasteiger partial charge in [0, 0.05) is 12.8 Å². The maximum Gasteiger partial charge on any atom is 0.305 e. The largest absolute Gasteiger partial charge is 0.466 e. The lowest BCUT2D eigenvalue weighted by Gasteiger charge is -2.20. The molecule has 360 valence electrons. The molecular weight excluding hydrogens is 755 g/mol. The summed E-state index contributed by atoms with van der Waals surface area (Å²) in [4.78, 5) is 24.4. The third-order valence-corrected chi connectivity index (χ3v) is 12.5. The average molecular weight is 860 g/mol. The molecule has 0 radical (unpaired) electrons. The van der Waals surface area contributed by atoms with Gasteiger partial charge in [-0.1, -0.05) is 244 Å². The molecule has 0 aliphatic rings. The number of nitrogens with one attached hydrogen (secondary N) is 1. The van der Waals surface area contributed by atoms with Crippen molar-refractivity contribution in [3.8, 4) is 0 Å². The first-order valence-electron chi connectivity index (χ1n) is 27.1. The molecule has 0 aromatic rings. The number of hydrogen-bond acceptors (Lipinski definition) is 5. The van der Waals surface area contributed by atoms with Crippen LogP contribution in [0.5, 0.6) is 0 Å². The lowest BCUT2D eigenvalue weighted by molar-refractivity contribution is -0.143. The Balaban J connectivity index is 3.50. The molecular formula is C55H105NO5. The number of rotatable bonds is 50. The predicted octanol–water partition coefficient (Wildman–Crippen LogP) is 16.3. The van der Waals surface area contributed by atoms with Crippen LogP contribution in [0.4, 0.5) is 0 Å². The highest BCUT2D eigenvalue weighted by Crippen LogP contribution is 2.16. The SMILES string of the molecule is CCCCC/C=C\CCCCCCCC(=O)OCCCCCCCCCCCCCCCC(=O)NC(CO)C(O)/C=C/CCCCCCCCCCCCCCCCCCC. The molecule has 3 N–H and O–H groups in total. The van der Waals surface area contributed by atoms with Crippen LogP contribution in [0.1, 0.15) is 290 Å². The fraction of sp³-hybridized carbons (Fsp3) is 0.891. The lowest BCUT2D eigenvalue weighted by Crippen LogP contribution is -2.45. The molecule has 2 unspecified atom stereocenters. The van der Waals surface area contributed by atoms with E-state index in [2.05, 4.69) is 31.3 Å². The van der Waals surface area contributed by atoms with Gasteiger partial charge >= 0.3 is 5.97 Å². The van der Waals surface area contributed by atoms with E-state index >= 15 is 0 Å². The normalized spacial score (nSPS) is 12.8. The van der Waals surface area contributed by atoms with Crippen molar-refractivity contribution in [2.24, 2.45) is 0 Å². The third kappa shape index (κ3) is 47.7. The van der Waals surface area contributed by atoms with Crippen molar-refractivity contribution in [1.29, 1.82) is 0 Å². The highest BCUT2D eigenvalue weighted by molar-refractivity contribution is 5.76. The van der Waals surface area contributed by atoms with Crippen molar-refractivity contribution < 1.29 is 24.5 Å². The van der Waals surface area contributed by atoms with Crippen LogP contribution in [0.15, 0.2) is 24.3 Å². The van der Waals surface area contributed by atoms with E-state index in [1.54, 1.807) is 6.08 Å². The molecule has 61 heavy (non-hydrogen) atoms. The fourth-order valence-corrected chi connectivity index (χ4v) is 8.27. The molecule has 0 aromatic carbocycles. The number of aliphatic hydroxyl groups excluding tert-OH is 2. The van der Waals surface area contributed by atoms with Crippen LogP contribution in [-0.2, 0) is 14.3 Å². The van der Waals surface area contributed by atoms with Gasteiger partial charge in [0.1, 0.15) is 0 Å². The van der Waals surface area contributed by atoms with E-state index in [-0.39, 0.29) is 18.5 Å². The van der Waals surface area contributed by atoms with E-state index in [0.29, 0.717) is 19.4 Å². The maximum atomic E-state index is 12.5. The van der Waals surface area contributed by atoms with Crippen molar-refractivity contribution in [3.63, 3.8) is 0 Å². The number of amides is 1. The Kier molecular flexibility index (Phi) is 49.6. The number of carbonyl (C=O) groups excluding carboxylic acids is 2. The predicted molar refractivity (Wildman–Crippen MR) is 264 cm³/mol. The zero-order chi connectivity index (χ0) is 44.4. The Bertz CT molecular complexity index is 951. The second-order valence-electron chi connectivity index (χ2n) is 18.6.